The van der Waals surface area contributed by atoms with Crippen LogP contribution >= 0.6 is 0 Å². The molecule has 0 atom stereocenters. The summed E-state index contributed by atoms with van der Waals surface area (Å²) in [5.41, 5.74) is 5.48. The monoisotopic (exact) mass is 374 g/mol. The molecule has 4 aromatic rings. The van der Waals surface area contributed by atoms with E-state index < -0.39 is 0 Å². The molecule has 0 bridgehead atoms. The van der Waals surface area contributed by atoms with Gasteiger partial charge in [-0.3, -0.25) is 0 Å². The maximum Gasteiger partial charge on any atom is 0.323 e. The zero-order valence-corrected chi connectivity index (χ0v) is 14.9. The molecule has 28 heavy (non-hydrogen) atoms. The number of imidazole rings is 1. The van der Waals surface area contributed by atoms with Crippen LogP contribution in [0.4, 0.5) is 8.78 Å². The highest BCUT2D eigenvalue weighted by Crippen LogP contribution is 2.37. The van der Waals surface area contributed by atoms with Crippen molar-refractivity contribution in [1.29, 1.82) is 0 Å². The zero-order chi connectivity index (χ0) is 19.3. The van der Waals surface area contributed by atoms with E-state index in [0.29, 0.717) is 35.0 Å². The quantitative estimate of drug-likeness (QED) is 0.493. The van der Waals surface area contributed by atoms with Crippen molar-refractivity contribution >= 4 is 22.7 Å². The molecule has 1 aliphatic rings. The van der Waals surface area contributed by atoms with Crippen molar-refractivity contribution in [2.24, 2.45) is 0 Å². The average Bonchev–Trinajstić information content (AvgIpc) is 2.96. The van der Waals surface area contributed by atoms with Gasteiger partial charge in [-0.15, -0.1) is 0 Å². The molecule has 0 radical (unpaired) electrons. The topological polar surface area (TPSA) is 48.6 Å². The Balaban J connectivity index is 1.79. The van der Waals surface area contributed by atoms with Crippen molar-refractivity contribution in [3.8, 4) is 0 Å². The molecule has 1 aliphatic carbocycles. The Bertz CT molecular complexity index is 1260. The number of benzene rings is 3. The number of fused-ring (bicyclic) bond motifs is 3. The molecule has 5 heteroatoms. The number of nitrogens with one attached hydrogen (secondary N) is 2. The number of rotatable bonds is 1. The summed E-state index contributed by atoms with van der Waals surface area (Å²) in [5, 5.41) is 0. The fourth-order valence-electron chi connectivity index (χ4n) is 3.99. The summed E-state index contributed by atoms with van der Waals surface area (Å²) in [4.78, 5) is 17.0. The summed E-state index contributed by atoms with van der Waals surface area (Å²) < 4.78 is 29.1. The molecule has 0 saturated carbocycles. The van der Waals surface area contributed by atoms with Gasteiger partial charge in [0.05, 0.1) is 11.0 Å². The minimum Gasteiger partial charge on any atom is -0.306 e. The lowest BCUT2D eigenvalue weighted by Crippen LogP contribution is -1.99. The third kappa shape index (κ3) is 2.67. The van der Waals surface area contributed by atoms with Gasteiger partial charge in [0.15, 0.2) is 0 Å². The lowest BCUT2D eigenvalue weighted by Gasteiger charge is -2.13. The molecule has 0 aliphatic heterocycles. The maximum absolute atomic E-state index is 14.5. The van der Waals surface area contributed by atoms with Crippen molar-refractivity contribution in [3.63, 3.8) is 0 Å². The lowest BCUT2D eigenvalue weighted by molar-refractivity contribution is 0.596. The van der Waals surface area contributed by atoms with Crippen LogP contribution in [-0.4, -0.2) is 9.97 Å². The van der Waals surface area contributed by atoms with Gasteiger partial charge in [0.2, 0.25) is 0 Å². The average molecular weight is 374 g/mol. The SMILES string of the molecule is O=c1[nH]c2ccc(C=C3c4cccc(F)c4CCc4c(F)cccc43)cc2[nH]1. The van der Waals surface area contributed by atoms with Crippen molar-refractivity contribution in [2.75, 3.05) is 0 Å². The molecule has 0 saturated heterocycles. The van der Waals surface area contributed by atoms with Crippen LogP contribution in [0.5, 0.6) is 0 Å². The van der Waals surface area contributed by atoms with E-state index in [1.807, 2.05) is 36.4 Å². The van der Waals surface area contributed by atoms with Crippen LogP contribution in [0.3, 0.4) is 0 Å². The highest BCUT2D eigenvalue weighted by atomic mass is 19.1. The predicted molar refractivity (Wildman–Crippen MR) is 106 cm³/mol. The van der Waals surface area contributed by atoms with Gasteiger partial charge in [-0.2, -0.15) is 0 Å². The van der Waals surface area contributed by atoms with Gasteiger partial charge in [0, 0.05) is 0 Å². The Morgan fingerprint density at radius 3 is 2.04 bits per heavy atom. The van der Waals surface area contributed by atoms with E-state index in [9.17, 15) is 13.6 Å². The van der Waals surface area contributed by atoms with Gasteiger partial charge >= 0.3 is 5.69 Å². The molecule has 0 amide bonds. The highest BCUT2D eigenvalue weighted by Gasteiger charge is 2.22. The van der Waals surface area contributed by atoms with Crippen molar-refractivity contribution in [3.05, 3.63) is 105 Å². The predicted octanol–water partition coefficient (Wildman–Crippen LogP) is 4.82. The smallest absolute Gasteiger partial charge is 0.306 e. The van der Waals surface area contributed by atoms with Gasteiger partial charge in [-0.25, -0.2) is 13.6 Å². The molecular weight excluding hydrogens is 358 g/mol. The minimum absolute atomic E-state index is 0.269. The third-order valence-electron chi connectivity index (χ3n) is 5.29. The molecule has 3 nitrogen and oxygen atoms in total. The van der Waals surface area contributed by atoms with Crippen molar-refractivity contribution in [1.82, 2.24) is 9.97 Å². The molecule has 1 heterocycles. The maximum atomic E-state index is 14.5. The van der Waals surface area contributed by atoms with E-state index in [4.69, 9.17) is 0 Å². The largest absolute Gasteiger partial charge is 0.323 e. The first-order valence-corrected chi connectivity index (χ1v) is 9.09. The normalized spacial score (nSPS) is 13.1. The van der Waals surface area contributed by atoms with E-state index in [0.717, 1.165) is 22.3 Å². The van der Waals surface area contributed by atoms with E-state index in [1.165, 1.54) is 12.1 Å². The molecule has 0 spiro atoms. The number of hydrogen-bond acceptors (Lipinski definition) is 1. The van der Waals surface area contributed by atoms with Crippen LogP contribution in [0.15, 0.2) is 59.4 Å². The van der Waals surface area contributed by atoms with Crippen LogP contribution in [0, 0.1) is 11.6 Å². The summed E-state index contributed by atoms with van der Waals surface area (Å²) in [5.74, 6) is -0.552. The molecular formula is C23H16F2N2O. The summed E-state index contributed by atoms with van der Waals surface area (Å²) in [6, 6.07) is 15.5. The van der Waals surface area contributed by atoms with Crippen LogP contribution in [0.1, 0.15) is 27.8 Å². The van der Waals surface area contributed by atoms with E-state index in [1.54, 1.807) is 12.1 Å². The van der Waals surface area contributed by atoms with Crippen LogP contribution in [0.2, 0.25) is 0 Å². The molecule has 5 rings (SSSR count). The first-order chi connectivity index (χ1) is 13.6. The summed E-state index contributed by atoms with van der Waals surface area (Å²) >= 11 is 0. The number of hydrogen-bond donors (Lipinski definition) is 2. The number of aromatic nitrogens is 2. The van der Waals surface area contributed by atoms with Gasteiger partial charge in [-0.1, -0.05) is 30.3 Å². The molecule has 0 unspecified atom stereocenters. The van der Waals surface area contributed by atoms with E-state index >= 15 is 0 Å². The standard InChI is InChI=1S/C23H16F2N2O/c24-19-5-1-3-14-16(19)8-9-17-15(4-2-6-20(17)25)18(14)11-13-7-10-21-22(12-13)27-23(28)26-21/h1-7,10-12H,8-9H2,(H2,26,27,28). The van der Waals surface area contributed by atoms with E-state index in [-0.39, 0.29) is 17.3 Å². The fourth-order valence-corrected chi connectivity index (χ4v) is 3.99. The van der Waals surface area contributed by atoms with Gasteiger partial charge in [0.1, 0.15) is 11.6 Å². The van der Waals surface area contributed by atoms with Gasteiger partial charge in [-0.05, 0) is 76.6 Å². The lowest BCUT2D eigenvalue weighted by atomic mass is 9.92. The summed E-state index contributed by atoms with van der Waals surface area (Å²) in [6.45, 7) is 0. The number of halogens is 2. The second-order valence-electron chi connectivity index (χ2n) is 6.97. The number of H-pyrrole nitrogens is 2. The van der Waals surface area contributed by atoms with E-state index in [2.05, 4.69) is 9.97 Å². The third-order valence-corrected chi connectivity index (χ3v) is 5.29. The zero-order valence-electron chi connectivity index (χ0n) is 14.9. The minimum atomic E-state index is -0.276. The molecule has 1 aromatic heterocycles. The molecule has 3 aromatic carbocycles. The van der Waals surface area contributed by atoms with Gasteiger partial charge < -0.3 is 9.97 Å². The molecule has 0 fully saturated rings. The Hall–Kier alpha value is -3.47. The van der Waals surface area contributed by atoms with Crippen molar-refractivity contribution in [2.45, 2.75) is 12.8 Å². The Kier molecular flexibility index (Phi) is 3.76. The van der Waals surface area contributed by atoms with Crippen LogP contribution in [0.25, 0.3) is 22.7 Å². The van der Waals surface area contributed by atoms with Crippen LogP contribution < -0.4 is 5.69 Å². The molecule has 138 valence electrons. The summed E-state index contributed by atoms with van der Waals surface area (Å²) in [6.07, 6.45) is 2.81. The van der Waals surface area contributed by atoms with Gasteiger partial charge in [0.25, 0.3) is 0 Å². The first-order valence-electron chi connectivity index (χ1n) is 9.09. The highest BCUT2D eigenvalue weighted by molar-refractivity contribution is 5.95. The second-order valence-corrected chi connectivity index (χ2v) is 6.97. The Morgan fingerprint density at radius 1 is 0.786 bits per heavy atom. The number of aromatic amines is 2. The summed E-state index contributed by atoms with van der Waals surface area (Å²) in [7, 11) is 0. The Labute approximate surface area is 159 Å². The molecule has 2 N–H and O–H groups in total. The Morgan fingerprint density at radius 2 is 1.39 bits per heavy atom. The fraction of sp³-hybridized carbons (Fsp3) is 0.0870. The van der Waals surface area contributed by atoms with Crippen LogP contribution in [-0.2, 0) is 12.8 Å². The first kappa shape index (κ1) is 16.7. The van der Waals surface area contributed by atoms with Crippen molar-refractivity contribution < 1.29 is 8.78 Å². The second kappa shape index (κ2) is 6.30.